The molecule has 0 aromatic heterocycles. The van der Waals surface area contributed by atoms with E-state index in [9.17, 15) is 0 Å². The van der Waals surface area contributed by atoms with Crippen molar-refractivity contribution in [2.24, 2.45) is 0 Å². The molecular weight excluding hydrogens is 675 g/mol. The lowest BCUT2D eigenvalue weighted by Crippen LogP contribution is -2.34. The number of fused-ring (bicyclic) bond motifs is 2. The van der Waals surface area contributed by atoms with Gasteiger partial charge in [-0.1, -0.05) is 194 Å². The Kier molecular flexibility index (Phi) is 9.26. The van der Waals surface area contributed by atoms with Crippen molar-refractivity contribution in [3.63, 3.8) is 0 Å². The van der Waals surface area contributed by atoms with Gasteiger partial charge >= 0.3 is 0 Å². The Bertz CT molecular complexity index is 2540. The predicted molar refractivity (Wildman–Crippen MR) is 234 cm³/mol. The maximum absolute atomic E-state index is 2.49. The first kappa shape index (κ1) is 33.2. The molecule has 9 aromatic carbocycles. The minimum atomic E-state index is -2.35. The van der Waals surface area contributed by atoms with Crippen molar-refractivity contribution < 1.29 is 0 Å². The van der Waals surface area contributed by atoms with Crippen molar-refractivity contribution in [3.05, 3.63) is 230 Å². The maximum atomic E-state index is 2.49. The SMILES string of the molecule is c1ccc(C[P+](c2ccccc2)(c2ccccc2)c2ccc3ccccc3c2-c2c(P(c3ccccc3)c3ccccc3)ccc3ccccc23)cc1. The van der Waals surface area contributed by atoms with Gasteiger partial charge in [-0.2, -0.15) is 0 Å². The van der Waals surface area contributed by atoms with Crippen LogP contribution in [-0.4, -0.2) is 0 Å². The normalized spacial score (nSPS) is 11.6. The Labute approximate surface area is 314 Å². The van der Waals surface area contributed by atoms with Crippen LogP contribution in [0.15, 0.2) is 224 Å². The van der Waals surface area contributed by atoms with E-state index in [0.717, 1.165) is 6.16 Å². The second kappa shape index (κ2) is 14.8. The van der Waals surface area contributed by atoms with Crippen LogP contribution < -0.4 is 31.8 Å². The van der Waals surface area contributed by atoms with E-state index in [0.29, 0.717) is 0 Å². The van der Waals surface area contributed by atoms with Crippen LogP contribution >= 0.6 is 15.2 Å². The summed E-state index contributed by atoms with van der Waals surface area (Å²) in [4.78, 5) is 0. The molecule has 0 saturated carbocycles. The summed E-state index contributed by atoms with van der Waals surface area (Å²) in [7, 11) is -3.26. The van der Waals surface area contributed by atoms with E-state index >= 15 is 0 Å². The number of hydrogen-bond acceptors (Lipinski definition) is 0. The van der Waals surface area contributed by atoms with Crippen molar-refractivity contribution in [3.8, 4) is 11.1 Å². The van der Waals surface area contributed by atoms with Crippen LogP contribution in [0.5, 0.6) is 0 Å². The highest BCUT2D eigenvalue weighted by atomic mass is 31.2. The van der Waals surface area contributed by atoms with Crippen LogP contribution in [0.1, 0.15) is 5.56 Å². The lowest BCUT2D eigenvalue weighted by atomic mass is 9.93. The molecule has 2 heteroatoms. The van der Waals surface area contributed by atoms with E-state index in [1.54, 1.807) is 0 Å². The van der Waals surface area contributed by atoms with E-state index < -0.39 is 15.2 Å². The molecule has 0 amide bonds. The Hall–Kier alpha value is -5.64. The number of hydrogen-bond donors (Lipinski definition) is 0. The zero-order valence-corrected chi connectivity index (χ0v) is 31.3. The summed E-state index contributed by atoms with van der Waals surface area (Å²) in [6.07, 6.45) is 0.916. The Morgan fingerprint density at radius 2 is 0.755 bits per heavy atom. The molecule has 0 spiro atoms. The van der Waals surface area contributed by atoms with E-state index in [-0.39, 0.29) is 0 Å². The zero-order valence-electron chi connectivity index (χ0n) is 29.5. The third-order valence-corrected chi connectivity index (χ3v) is 17.3. The first-order valence-electron chi connectivity index (χ1n) is 18.3. The van der Waals surface area contributed by atoms with Gasteiger partial charge in [-0.15, -0.1) is 0 Å². The average molecular weight is 714 g/mol. The summed E-state index contributed by atoms with van der Waals surface area (Å²) in [5, 5.41) is 13.4. The summed E-state index contributed by atoms with van der Waals surface area (Å²) < 4.78 is 0. The van der Waals surface area contributed by atoms with Gasteiger partial charge in [-0.25, -0.2) is 0 Å². The summed E-state index contributed by atoms with van der Waals surface area (Å²) in [6.45, 7) is 0. The molecule has 0 aliphatic heterocycles. The van der Waals surface area contributed by atoms with Crippen molar-refractivity contribution >= 4 is 68.6 Å². The van der Waals surface area contributed by atoms with Gasteiger partial charge in [0.05, 0.1) is 6.16 Å². The molecular formula is C51H39P2+. The largest absolute Gasteiger partial charge is 0.117 e. The fourth-order valence-corrected chi connectivity index (χ4v) is 15.0. The van der Waals surface area contributed by atoms with Crippen molar-refractivity contribution in [1.82, 2.24) is 0 Å². The number of rotatable bonds is 9. The summed E-state index contributed by atoms with van der Waals surface area (Å²) in [6, 6.07) is 84.0. The van der Waals surface area contributed by atoms with Crippen LogP contribution in [0.4, 0.5) is 0 Å². The zero-order chi connectivity index (χ0) is 35.5. The van der Waals surface area contributed by atoms with Crippen LogP contribution in [0.2, 0.25) is 0 Å². The van der Waals surface area contributed by atoms with Crippen molar-refractivity contribution in [2.45, 2.75) is 6.16 Å². The van der Waals surface area contributed by atoms with Crippen molar-refractivity contribution in [2.75, 3.05) is 0 Å². The summed E-state index contributed by atoms with van der Waals surface area (Å²) >= 11 is 0. The maximum Gasteiger partial charge on any atom is 0.117 e. The standard InChI is InChI=1S/C51H39P2/c1-6-20-39(21-7-1)38-53(44-28-12-4-13-29-44,45-30-14-5-15-31-45)49-37-35-41-23-17-19-33-47(41)51(49)50-46-32-18-16-22-40(46)34-36-48(50)52(42-24-8-2-9-25-42)43-26-10-3-11-27-43/h1-37H,38H2/q+1. The fraction of sp³-hybridized carbons (Fsp3) is 0.0196. The highest BCUT2D eigenvalue weighted by Gasteiger charge is 2.48. The molecule has 9 rings (SSSR count). The van der Waals surface area contributed by atoms with Crippen LogP contribution in [0.3, 0.4) is 0 Å². The molecule has 9 aromatic rings. The minimum absolute atomic E-state index is 0.911. The van der Waals surface area contributed by atoms with E-state index in [4.69, 9.17) is 0 Å². The molecule has 0 aliphatic carbocycles. The third-order valence-electron chi connectivity index (χ3n) is 10.4. The molecule has 0 bridgehead atoms. The minimum Gasteiger partial charge on any atom is -0.0622 e. The number of benzene rings is 9. The van der Waals surface area contributed by atoms with E-state index in [1.165, 1.54) is 70.1 Å². The molecule has 0 fully saturated rings. The molecule has 0 aliphatic rings. The van der Waals surface area contributed by atoms with Gasteiger partial charge in [0, 0.05) is 11.1 Å². The molecule has 0 atom stereocenters. The molecule has 53 heavy (non-hydrogen) atoms. The molecule has 252 valence electrons. The quantitative estimate of drug-likeness (QED) is 0.131. The highest BCUT2D eigenvalue weighted by Crippen LogP contribution is 2.61. The topological polar surface area (TPSA) is 0 Å². The van der Waals surface area contributed by atoms with Crippen molar-refractivity contribution in [1.29, 1.82) is 0 Å². The van der Waals surface area contributed by atoms with Gasteiger partial charge < -0.3 is 0 Å². The average Bonchev–Trinajstić information content (AvgIpc) is 3.24. The second-order valence-corrected chi connectivity index (χ2v) is 19.1. The van der Waals surface area contributed by atoms with Gasteiger partial charge in [-0.05, 0) is 81.3 Å². The highest BCUT2D eigenvalue weighted by molar-refractivity contribution is 7.95. The van der Waals surface area contributed by atoms with Crippen LogP contribution in [0.25, 0.3) is 32.7 Å². The summed E-state index contributed by atoms with van der Waals surface area (Å²) in [5.41, 5.74) is 4.05. The fourth-order valence-electron chi connectivity index (χ4n) is 8.05. The Morgan fingerprint density at radius 1 is 0.340 bits per heavy atom. The van der Waals surface area contributed by atoms with Crippen LogP contribution in [0, 0.1) is 0 Å². The van der Waals surface area contributed by atoms with Gasteiger partial charge in [-0.3, -0.25) is 0 Å². The summed E-state index contributed by atoms with van der Waals surface area (Å²) in [5.74, 6) is 0. The Morgan fingerprint density at radius 3 is 1.28 bits per heavy atom. The predicted octanol–water partition coefficient (Wildman–Crippen LogP) is 10.9. The van der Waals surface area contributed by atoms with E-state index in [2.05, 4.69) is 224 Å². The van der Waals surface area contributed by atoms with Gasteiger partial charge in [0.15, 0.2) is 0 Å². The lowest BCUT2D eigenvalue weighted by molar-refractivity contribution is 1.39. The smallest absolute Gasteiger partial charge is 0.0622 e. The molecule has 0 nitrogen and oxygen atoms in total. The van der Waals surface area contributed by atoms with Gasteiger partial charge in [0.25, 0.3) is 0 Å². The second-order valence-electron chi connectivity index (χ2n) is 13.5. The lowest BCUT2D eigenvalue weighted by Gasteiger charge is -2.32. The monoisotopic (exact) mass is 713 g/mol. The molecule has 0 unspecified atom stereocenters. The molecule has 0 heterocycles. The van der Waals surface area contributed by atoms with Crippen LogP contribution in [-0.2, 0) is 6.16 Å². The van der Waals surface area contributed by atoms with Gasteiger partial charge in [0.2, 0.25) is 0 Å². The Balaban J connectivity index is 1.48. The third kappa shape index (κ3) is 6.19. The first-order chi connectivity index (χ1) is 26.3. The van der Waals surface area contributed by atoms with Gasteiger partial charge in [0.1, 0.15) is 23.2 Å². The molecule has 0 radical (unpaired) electrons. The first-order valence-corrected chi connectivity index (χ1v) is 21.6. The molecule has 0 N–H and O–H groups in total. The van der Waals surface area contributed by atoms with E-state index in [1.807, 2.05) is 0 Å². The molecule has 0 saturated heterocycles.